The molecule has 0 bridgehead atoms. The molecule has 3 aromatic rings. The molecule has 3 heterocycles. The molecule has 0 aromatic heterocycles. The van der Waals surface area contributed by atoms with Gasteiger partial charge in [-0.3, -0.25) is 19.2 Å². The second-order valence-corrected chi connectivity index (χ2v) is 9.08. The van der Waals surface area contributed by atoms with Gasteiger partial charge in [0.1, 0.15) is 5.82 Å². The Kier molecular flexibility index (Phi) is 4.12. The predicted octanol–water partition coefficient (Wildman–Crippen LogP) is 3.25. The number of hydrogen-bond donors (Lipinski definition) is 0. The third-order valence-electron chi connectivity index (χ3n) is 7.33. The number of Topliss-reactive ketones (excluding diaryl/α,β-unsaturated/α-hetero) is 2. The average Bonchev–Trinajstić information content (AvgIpc) is 3.61. The van der Waals surface area contributed by atoms with E-state index in [1.54, 1.807) is 18.2 Å². The largest absolute Gasteiger partial charge is 0.454 e. The highest BCUT2D eigenvalue weighted by molar-refractivity contribution is 6.37. The van der Waals surface area contributed by atoms with Crippen molar-refractivity contribution in [3.05, 3.63) is 89.2 Å². The molecule has 1 aliphatic carbocycles. The average molecular weight is 485 g/mol. The number of hydrogen-bond acceptors (Lipinski definition) is 7. The Bertz CT molecular complexity index is 1480. The molecule has 36 heavy (non-hydrogen) atoms. The van der Waals surface area contributed by atoms with Crippen LogP contribution in [0.1, 0.15) is 32.4 Å². The fraction of sp³-hybridized carbons (Fsp3) is 0.185. The van der Waals surface area contributed by atoms with Crippen LogP contribution < -0.4 is 14.4 Å². The first-order valence-electron chi connectivity index (χ1n) is 11.3. The zero-order valence-corrected chi connectivity index (χ0v) is 18.5. The van der Waals surface area contributed by atoms with Gasteiger partial charge < -0.3 is 14.2 Å². The molecular formula is C27H16FNO7. The van der Waals surface area contributed by atoms with Crippen molar-refractivity contribution in [1.29, 1.82) is 0 Å². The van der Waals surface area contributed by atoms with E-state index < -0.39 is 52.7 Å². The Morgan fingerprint density at radius 3 is 2.17 bits per heavy atom. The normalized spacial score (nSPS) is 25.1. The van der Waals surface area contributed by atoms with Crippen LogP contribution in [0.3, 0.4) is 0 Å². The van der Waals surface area contributed by atoms with E-state index in [1.165, 1.54) is 48.5 Å². The molecule has 3 aliphatic heterocycles. The minimum absolute atomic E-state index is 0.0107. The molecular weight excluding hydrogens is 469 g/mol. The summed E-state index contributed by atoms with van der Waals surface area (Å²) < 4.78 is 30.6. The van der Waals surface area contributed by atoms with Crippen LogP contribution in [0.5, 0.6) is 11.5 Å². The van der Waals surface area contributed by atoms with Crippen LogP contribution in [0.4, 0.5) is 10.1 Å². The summed E-state index contributed by atoms with van der Waals surface area (Å²) in [7, 11) is 0. The number of halogens is 1. The molecule has 0 unspecified atom stereocenters. The second-order valence-electron chi connectivity index (χ2n) is 9.08. The van der Waals surface area contributed by atoms with Crippen molar-refractivity contribution in [2.24, 2.45) is 11.8 Å². The van der Waals surface area contributed by atoms with Crippen LogP contribution in [-0.2, 0) is 14.3 Å². The second kappa shape index (κ2) is 7.08. The molecule has 2 fully saturated rings. The number of amides is 2. The molecule has 178 valence electrons. The topological polar surface area (TPSA) is 99.2 Å². The van der Waals surface area contributed by atoms with E-state index in [-0.39, 0.29) is 23.6 Å². The highest BCUT2D eigenvalue weighted by Crippen LogP contribution is 2.58. The van der Waals surface area contributed by atoms with E-state index in [2.05, 4.69) is 0 Å². The quantitative estimate of drug-likeness (QED) is 0.406. The smallest absolute Gasteiger partial charge is 0.241 e. The summed E-state index contributed by atoms with van der Waals surface area (Å²) in [5, 5.41) is 0. The van der Waals surface area contributed by atoms with Gasteiger partial charge in [0.15, 0.2) is 11.5 Å². The van der Waals surface area contributed by atoms with Gasteiger partial charge >= 0.3 is 0 Å². The maximum absolute atomic E-state index is 13.9. The number of carbonyl (C=O) groups excluding carboxylic acids is 4. The summed E-state index contributed by atoms with van der Waals surface area (Å²) in [6.07, 6.45) is -1.12. The summed E-state index contributed by atoms with van der Waals surface area (Å²) in [6, 6.07) is 16.1. The predicted molar refractivity (Wildman–Crippen MR) is 120 cm³/mol. The van der Waals surface area contributed by atoms with Crippen molar-refractivity contribution in [2.45, 2.75) is 11.7 Å². The maximum atomic E-state index is 13.9. The minimum atomic E-state index is -2.19. The zero-order chi connectivity index (χ0) is 24.8. The first kappa shape index (κ1) is 21.0. The molecule has 8 nitrogen and oxygen atoms in total. The van der Waals surface area contributed by atoms with Gasteiger partial charge in [0.25, 0.3) is 0 Å². The number of ketones is 2. The molecule has 1 spiro atoms. The number of ether oxygens (including phenoxy) is 3. The van der Waals surface area contributed by atoms with Crippen LogP contribution in [0.15, 0.2) is 66.7 Å². The summed E-state index contributed by atoms with van der Waals surface area (Å²) in [6.45, 7) is 0.0107. The number of benzene rings is 3. The lowest BCUT2D eigenvalue weighted by Crippen LogP contribution is -2.51. The van der Waals surface area contributed by atoms with Gasteiger partial charge in [0.05, 0.1) is 23.6 Å². The fourth-order valence-electron chi connectivity index (χ4n) is 5.75. The van der Waals surface area contributed by atoms with Crippen LogP contribution >= 0.6 is 0 Å². The van der Waals surface area contributed by atoms with E-state index in [1.807, 2.05) is 0 Å². The Labute approximate surface area is 203 Å². The van der Waals surface area contributed by atoms with Crippen molar-refractivity contribution < 1.29 is 37.8 Å². The molecule has 7 rings (SSSR count). The Hall–Kier alpha value is -4.37. The van der Waals surface area contributed by atoms with Crippen LogP contribution in [0.25, 0.3) is 0 Å². The number of anilines is 1. The first-order valence-corrected chi connectivity index (χ1v) is 11.3. The van der Waals surface area contributed by atoms with Gasteiger partial charge in [-0.05, 0) is 29.8 Å². The highest BCUT2D eigenvalue weighted by Gasteiger charge is 2.74. The SMILES string of the molecule is O=C1[C@H]2[C@@H](c3ccc(F)cc3)OC3(C(=O)c4ccccc4C3=O)[C@H]2C(=O)N1c1ccc2c(c1)OCO2. The van der Waals surface area contributed by atoms with E-state index in [0.717, 1.165) is 4.90 Å². The molecule has 2 amide bonds. The first-order chi connectivity index (χ1) is 17.4. The molecule has 3 aromatic carbocycles. The Morgan fingerprint density at radius 1 is 0.806 bits per heavy atom. The van der Waals surface area contributed by atoms with Crippen molar-refractivity contribution in [3.8, 4) is 11.5 Å². The number of rotatable bonds is 2. The van der Waals surface area contributed by atoms with E-state index in [9.17, 15) is 23.6 Å². The lowest BCUT2D eigenvalue weighted by atomic mass is 9.77. The number of nitrogens with zero attached hydrogens (tertiary/aromatic N) is 1. The lowest BCUT2D eigenvalue weighted by molar-refractivity contribution is -0.127. The number of imide groups is 1. The van der Waals surface area contributed by atoms with Crippen molar-refractivity contribution >= 4 is 29.1 Å². The van der Waals surface area contributed by atoms with Gasteiger partial charge in [0, 0.05) is 17.2 Å². The summed E-state index contributed by atoms with van der Waals surface area (Å²) in [4.78, 5) is 56.2. The number of carbonyl (C=O) groups is 4. The standard InChI is InChI=1S/C27H16FNO7/c28-14-7-5-13(6-8-14)22-20-21(27(36-22)23(30)16-3-1-2-4-17(16)24(27)31)26(33)29(25(20)32)15-9-10-18-19(11-15)35-12-34-18/h1-11,20-22H,12H2/t20-,21-,22-/m1/s1. The molecule has 3 atom stereocenters. The highest BCUT2D eigenvalue weighted by atomic mass is 19.1. The van der Waals surface area contributed by atoms with Gasteiger partial charge in [0.2, 0.25) is 35.8 Å². The van der Waals surface area contributed by atoms with Gasteiger partial charge in [-0.25, -0.2) is 9.29 Å². The fourth-order valence-corrected chi connectivity index (χ4v) is 5.75. The van der Waals surface area contributed by atoms with Crippen LogP contribution in [-0.4, -0.2) is 35.8 Å². The van der Waals surface area contributed by atoms with E-state index >= 15 is 0 Å². The Balaban J connectivity index is 1.40. The monoisotopic (exact) mass is 485 g/mol. The molecule has 9 heteroatoms. The van der Waals surface area contributed by atoms with Gasteiger partial charge in [-0.1, -0.05) is 36.4 Å². The molecule has 0 saturated carbocycles. The van der Waals surface area contributed by atoms with Crippen molar-refractivity contribution in [2.75, 3.05) is 11.7 Å². The Morgan fingerprint density at radius 2 is 1.47 bits per heavy atom. The van der Waals surface area contributed by atoms with E-state index in [4.69, 9.17) is 14.2 Å². The van der Waals surface area contributed by atoms with Crippen LogP contribution in [0.2, 0.25) is 0 Å². The third kappa shape index (κ3) is 2.50. The van der Waals surface area contributed by atoms with Gasteiger partial charge in [-0.15, -0.1) is 0 Å². The van der Waals surface area contributed by atoms with Crippen molar-refractivity contribution in [3.63, 3.8) is 0 Å². The lowest BCUT2D eigenvalue weighted by Gasteiger charge is -2.27. The molecule has 4 aliphatic rings. The summed E-state index contributed by atoms with van der Waals surface area (Å²) in [5.41, 5.74) is -1.29. The maximum Gasteiger partial charge on any atom is 0.241 e. The summed E-state index contributed by atoms with van der Waals surface area (Å²) >= 11 is 0. The summed E-state index contributed by atoms with van der Waals surface area (Å²) in [5.74, 6) is -4.87. The van der Waals surface area contributed by atoms with Crippen LogP contribution in [0, 0.1) is 17.7 Å². The molecule has 2 saturated heterocycles. The molecule has 0 N–H and O–H groups in total. The minimum Gasteiger partial charge on any atom is -0.454 e. The third-order valence-corrected chi connectivity index (χ3v) is 7.33. The molecule has 0 radical (unpaired) electrons. The van der Waals surface area contributed by atoms with E-state index in [0.29, 0.717) is 17.1 Å². The number of fused-ring (bicyclic) bond motifs is 4. The van der Waals surface area contributed by atoms with Crippen molar-refractivity contribution in [1.82, 2.24) is 0 Å². The van der Waals surface area contributed by atoms with Gasteiger partial charge in [-0.2, -0.15) is 0 Å². The zero-order valence-electron chi connectivity index (χ0n) is 18.5.